The van der Waals surface area contributed by atoms with E-state index < -0.39 is 22.6 Å². The smallest absolute Gasteiger partial charge is 0.352 e. The van der Waals surface area contributed by atoms with Gasteiger partial charge < -0.3 is 9.90 Å². The largest absolute Gasteiger partial charge is 0.548 e. The highest BCUT2D eigenvalue weighted by Gasteiger charge is 2.22. The normalized spacial score (nSPS) is 12.2. The Kier molecular flexibility index (Phi) is 5.95. The van der Waals surface area contributed by atoms with Gasteiger partial charge in [0.05, 0.1) is 16.9 Å². The SMILES string of the molecule is CCCc1nc(C)n2c(=O)n(C(CC)C(=O)[O-])nc2c1Cc1ccc([N+](=O)[O-])cc1. The summed E-state index contributed by atoms with van der Waals surface area (Å²) in [7, 11) is 0. The lowest BCUT2D eigenvalue weighted by Gasteiger charge is -2.14. The molecule has 0 spiro atoms. The summed E-state index contributed by atoms with van der Waals surface area (Å²) in [5.74, 6) is -0.954. The molecule has 0 N–H and O–H groups in total. The summed E-state index contributed by atoms with van der Waals surface area (Å²) < 4.78 is 2.25. The zero-order valence-corrected chi connectivity index (χ0v) is 17.0. The van der Waals surface area contributed by atoms with Crippen LogP contribution in [0.5, 0.6) is 0 Å². The average Bonchev–Trinajstić information content (AvgIpc) is 3.03. The number of hydrogen-bond acceptors (Lipinski definition) is 7. The van der Waals surface area contributed by atoms with Gasteiger partial charge in [0, 0.05) is 29.8 Å². The molecule has 0 aliphatic rings. The molecule has 10 heteroatoms. The number of aromatic nitrogens is 4. The number of nitro groups is 1. The number of rotatable bonds is 8. The van der Waals surface area contributed by atoms with Crippen LogP contribution in [0.1, 0.15) is 55.4 Å². The first-order valence-electron chi connectivity index (χ1n) is 9.72. The Bertz CT molecular complexity index is 1160. The van der Waals surface area contributed by atoms with Gasteiger partial charge >= 0.3 is 5.69 Å². The van der Waals surface area contributed by atoms with Crippen molar-refractivity contribution in [1.82, 2.24) is 19.2 Å². The molecule has 2 heterocycles. The first kappa shape index (κ1) is 21.2. The first-order valence-corrected chi connectivity index (χ1v) is 9.72. The number of aliphatic carboxylic acids is 1. The third-order valence-corrected chi connectivity index (χ3v) is 5.01. The number of hydrogen-bond donors (Lipinski definition) is 0. The second-order valence-electron chi connectivity index (χ2n) is 7.06. The van der Waals surface area contributed by atoms with E-state index in [1.54, 1.807) is 26.0 Å². The van der Waals surface area contributed by atoms with Crippen molar-refractivity contribution in [3.05, 3.63) is 67.5 Å². The topological polar surface area (TPSA) is 135 Å². The Balaban J connectivity index is 2.21. The molecule has 2 aromatic heterocycles. The molecule has 0 bridgehead atoms. The summed E-state index contributed by atoms with van der Waals surface area (Å²) in [5.41, 5.74) is 1.99. The van der Waals surface area contributed by atoms with Crippen LogP contribution in [0.15, 0.2) is 29.1 Å². The van der Waals surface area contributed by atoms with Crippen LogP contribution in [0.3, 0.4) is 0 Å². The fourth-order valence-electron chi connectivity index (χ4n) is 3.52. The Morgan fingerprint density at radius 1 is 1.23 bits per heavy atom. The van der Waals surface area contributed by atoms with Crippen LogP contribution in [-0.4, -0.2) is 30.1 Å². The second-order valence-corrected chi connectivity index (χ2v) is 7.06. The van der Waals surface area contributed by atoms with Gasteiger partial charge in [0.25, 0.3) is 5.69 Å². The number of nitrogens with zero attached hydrogens (tertiary/aromatic N) is 5. The van der Waals surface area contributed by atoms with Crippen molar-refractivity contribution in [3.8, 4) is 0 Å². The number of non-ortho nitro benzene ring substituents is 1. The molecule has 0 saturated heterocycles. The molecule has 1 atom stereocenters. The standard InChI is InChI=1S/C20H23N5O5/c1-4-6-16-15(11-13-7-9-14(10-8-13)25(29)30)18-22-24(17(5-2)19(26)27)20(28)23(18)12(3)21-16/h7-10,17H,4-6,11H2,1-3H3,(H,26,27)/p-1. The van der Waals surface area contributed by atoms with Crippen molar-refractivity contribution in [2.75, 3.05) is 0 Å². The number of carbonyl (C=O) groups excluding carboxylic acids is 1. The molecule has 1 unspecified atom stereocenters. The van der Waals surface area contributed by atoms with Crippen LogP contribution in [0.4, 0.5) is 5.69 Å². The van der Waals surface area contributed by atoms with Gasteiger partial charge in [0.15, 0.2) is 5.65 Å². The van der Waals surface area contributed by atoms with Gasteiger partial charge in [-0.2, -0.15) is 0 Å². The quantitative estimate of drug-likeness (QED) is 0.402. The summed E-state index contributed by atoms with van der Waals surface area (Å²) in [6, 6.07) is 4.95. The minimum atomic E-state index is -1.38. The van der Waals surface area contributed by atoms with Gasteiger partial charge in [-0.05, 0) is 25.3 Å². The zero-order chi connectivity index (χ0) is 22.0. The van der Waals surface area contributed by atoms with Crippen molar-refractivity contribution >= 4 is 17.3 Å². The maximum Gasteiger partial charge on any atom is 0.352 e. The van der Waals surface area contributed by atoms with E-state index in [2.05, 4.69) is 10.1 Å². The maximum absolute atomic E-state index is 12.9. The number of carboxylic acids is 1. The van der Waals surface area contributed by atoms with Crippen molar-refractivity contribution < 1.29 is 14.8 Å². The fourth-order valence-corrected chi connectivity index (χ4v) is 3.52. The van der Waals surface area contributed by atoms with Gasteiger partial charge in [0.1, 0.15) is 5.82 Å². The van der Waals surface area contributed by atoms with E-state index in [4.69, 9.17) is 0 Å². The fraction of sp³-hybridized carbons (Fsp3) is 0.400. The summed E-state index contributed by atoms with van der Waals surface area (Å²) >= 11 is 0. The monoisotopic (exact) mass is 412 g/mol. The lowest BCUT2D eigenvalue weighted by atomic mass is 10.0. The van der Waals surface area contributed by atoms with Gasteiger partial charge in [-0.15, -0.1) is 5.10 Å². The maximum atomic E-state index is 12.9. The number of benzene rings is 1. The summed E-state index contributed by atoms with van der Waals surface area (Å²) in [4.78, 5) is 39.4. The highest BCUT2D eigenvalue weighted by Crippen LogP contribution is 2.22. The summed E-state index contributed by atoms with van der Waals surface area (Å²) in [6.07, 6.45) is 1.97. The minimum absolute atomic E-state index is 0.0139. The summed E-state index contributed by atoms with van der Waals surface area (Å²) in [5, 5.41) is 26.7. The number of fused-ring (bicyclic) bond motifs is 1. The minimum Gasteiger partial charge on any atom is -0.548 e. The Morgan fingerprint density at radius 3 is 2.43 bits per heavy atom. The number of carbonyl (C=O) groups is 1. The van der Waals surface area contributed by atoms with E-state index in [0.717, 1.165) is 22.4 Å². The molecule has 0 aliphatic heterocycles. The number of carboxylic acid groups (broad SMARTS) is 1. The highest BCUT2D eigenvalue weighted by molar-refractivity contribution is 5.69. The van der Waals surface area contributed by atoms with Crippen LogP contribution < -0.4 is 10.8 Å². The molecule has 10 nitrogen and oxygen atoms in total. The molecule has 3 rings (SSSR count). The van der Waals surface area contributed by atoms with Gasteiger partial charge in [-0.1, -0.05) is 32.4 Å². The molecular weight excluding hydrogens is 390 g/mol. The van der Waals surface area contributed by atoms with E-state index in [1.807, 2.05) is 6.92 Å². The van der Waals surface area contributed by atoms with E-state index in [1.165, 1.54) is 16.5 Å². The summed E-state index contributed by atoms with van der Waals surface area (Å²) in [6.45, 7) is 5.32. The molecule has 0 amide bonds. The predicted molar refractivity (Wildman–Crippen MR) is 106 cm³/mol. The average molecular weight is 412 g/mol. The molecule has 0 radical (unpaired) electrons. The van der Waals surface area contributed by atoms with E-state index in [9.17, 15) is 24.8 Å². The lowest BCUT2D eigenvalue weighted by Crippen LogP contribution is -2.38. The molecule has 0 fully saturated rings. The van der Waals surface area contributed by atoms with Crippen LogP contribution >= 0.6 is 0 Å². The Hall–Kier alpha value is -3.56. The number of nitro benzene ring substituents is 1. The Morgan fingerprint density at radius 2 is 1.90 bits per heavy atom. The molecule has 30 heavy (non-hydrogen) atoms. The molecule has 3 aromatic rings. The first-order chi connectivity index (χ1) is 14.3. The van der Waals surface area contributed by atoms with Gasteiger partial charge in [-0.25, -0.2) is 18.9 Å². The molecule has 1 aromatic carbocycles. The van der Waals surface area contributed by atoms with Gasteiger partial charge in [-0.3, -0.25) is 10.1 Å². The van der Waals surface area contributed by atoms with Crippen molar-refractivity contribution in [1.29, 1.82) is 0 Å². The highest BCUT2D eigenvalue weighted by atomic mass is 16.6. The van der Waals surface area contributed by atoms with Crippen LogP contribution in [0.2, 0.25) is 0 Å². The zero-order valence-electron chi connectivity index (χ0n) is 17.0. The van der Waals surface area contributed by atoms with Crippen molar-refractivity contribution in [3.63, 3.8) is 0 Å². The Labute approximate surface area is 171 Å². The van der Waals surface area contributed by atoms with E-state index in [0.29, 0.717) is 29.9 Å². The van der Waals surface area contributed by atoms with Crippen LogP contribution in [-0.2, 0) is 17.6 Å². The van der Waals surface area contributed by atoms with Crippen LogP contribution in [0, 0.1) is 17.0 Å². The van der Waals surface area contributed by atoms with Crippen LogP contribution in [0.25, 0.3) is 5.65 Å². The number of aryl methyl sites for hydroxylation is 2. The third kappa shape index (κ3) is 3.80. The lowest BCUT2D eigenvalue weighted by molar-refractivity contribution is -0.384. The second kappa shape index (κ2) is 8.44. The van der Waals surface area contributed by atoms with Crippen molar-refractivity contribution in [2.24, 2.45) is 0 Å². The van der Waals surface area contributed by atoms with E-state index in [-0.39, 0.29) is 12.1 Å². The predicted octanol–water partition coefficient (Wildman–Crippen LogP) is 1.35. The molecule has 158 valence electrons. The molecule has 0 aliphatic carbocycles. The van der Waals surface area contributed by atoms with Gasteiger partial charge in [0.2, 0.25) is 0 Å². The van der Waals surface area contributed by atoms with E-state index >= 15 is 0 Å². The molecular formula is C20H22N5O5-. The van der Waals surface area contributed by atoms with Crippen molar-refractivity contribution in [2.45, 2.75) is 52.5 Å². The third-order valence-electron chi connectivity index (χ3n) is 5.01. The molecule has 0 saturated carbocycles.